The lowest BCUT2D eigenvalue weighted by Crippen LogP contribution is -2.49. The monoisotopic (exact) mass is 474 g/mol. The SMILES string of the molecule is Cc1ccc(Cn2c(=O)c(C#N)c(N3CCN(C(=O)c4cccs4)CC3)c3cscc32)cc1. The minimum atomic E-state index is -0.268. The Kier molecular flexibility index (Phi) is 5.75. The minimum absolute atomic E-state index is 0.0411. The number of pyridine rings is 1. The van der Waals surface area contributed by atoms with Gasteiger partial charge in [0.1, 0.15) is 11.6 Å². The molecule has 4 heterocycles. The van der Waals surface area contributed by atoms with Crippen LogP contribution in [0.2, 0.25) is 0 Å². The number of piperazine rings is 1. The zero-order chi connectivity index (χ0) is 22.9. The van der Waals surface area contributed by atoms with Crippen molar-refractivity contribution >= 4 is 45.2 Å². The summed E-state index contributed by atoms with van der Waals surface area (Å²) in [6, 6.07) is 14.0. The standard InChI is InChI=1S/C25H22N4O2S2/c1-17-4-6-18(7-5-17)14-29-21-16-32-15-20(21)23(19(13-26)24(29)30)27-8-10-28(11-9-27)25(31)22-3-2-12-33-22/h2-7,12,15-16H,8-11,14H2,1H3. The molecule has 0 spiro atoms. The van der Waals surface area contributed by atoms with Gasteiger partial charge in [-0.25, -0.2) is 0 Å². The van der Waals surface area contributed by atoms with Gasteiger partial charge in [-0.15, -0.1) is 22.7 Å². The van der Waals surface area contributed by atoms with Crippen molar-refractivity contribution in [3.63, 3.8) is 0 Å². The molecule has 0 N–H and O–H groups in total. The first kappa shape index (κ1) is 21.4. The summed E-state index contributed by atoms with van der Waals surface area (Å²) in [6.45, 7) is 4.73. The van der Waals surface area contributed by atoms with Crippen molar-refractivity contribution in [2.75, 3.05) is 31.1 Å². The molecule has 1 saturated heterocycles. The zero-order valence-electron chi connectivity index (χ0n) is 18.2. The smallest absolute Gasteiger partial charge is 0.271 e. The number of fused-ring (bicyclic) bond motifs is 1. The molecule has 166 valence electrons. The topological polar surface area (TPSA) is 69.3 Å². The molecule has 3 aromatic heterocycles. The molecule has 0 saturated carbocycles. The van der Waals surface area contributed by atoms with Crippen molar-refractivity contribution in [3.8, 4) is 6.07 Å². The van der Waals surface area contributed by atoms with Crippen molar-refractivity contribution in [1.82, 2.24) is 9.47 Å². The van der Waals surface area contributed by atoms with Gasteiger partial charge in [0.15, 0.2) is 0 Å². The summed E-state index contributed by atoms with van der Waals surface area (Å²) in [5.74, 6) is 0.0411. The van der Waals surface area contributed by atoms with Crippen molar-refractivity contribution < 1.29 is 4.79 Å². The quantitative estimate of drug-likeness (QED) is 0.442. The van der Waals surface area contributed by atoms with Crippen LogP contribution >= 0.6 is 22.7 Å². The van der Waals surface area contributed by atoms with Crippen molar-refractivity contribution in [2.45, 2.75) is 13.5 Å². The summed E-state index contributed by atoms with van der Waals surface area (Å²) in [4.78, 5) is 30.8. The largest absolute Gasteiger partial charge is 0.366 e. The van der Waals surface area contributed by atoms with Crippen LogP contribution in [0.5, 0.6) is 0 Å². The number of nitrogens with zero attached hydrogens (tertiary/aromatic N) is 4. The van der Waals surface area contributed by atoms with Crippen LogP contribution in [0.4, 0.5) is 5.69 Å². The summed E-state index contributed by atoms with van der Waals surface area (Å²) in [5.41, 5.74) is 3.63. The first-order chi connectivity index (χ1) is 16.1. The molecule has 0 unspecified atom stereocenters. The van der Waals surface area contributed by atoms with Gasteiger partial charge in [-0.3, -0.25) is 9.59 Å². The van der Waals surface area contributed by atoms with Gasteiger partial charge >= 0.3 is 0 Å². The maximum Gasteiger partial charge on any atom is 0.271 e. The maximum absolute atomic E-state index is 13.4. The molecule has 1 amide bonds. The van der Waals surface area contributed by atoms with E-state index in [2.05, 4.69) is 11.0 Å². The van der Waals surface area contributed by atoms with Crippen molar-refractivity contribution in [2.24, 2.45) is 0 Å². The molecule has 0 radical (unpaired) electrons. The number of amides is 1. The fourth-order valence-electron chi connectivity index (χ4n) is 4.31. The van der Waals surface area contributed by atoms with Crippen LogP contribution in [-0.2, 0) is 6.54 Å². The van der Waals surface area contributed by atoms with Gasteiger partial charge in [0.25, 0.3) is 11.5 Å². The Hall–Kier alpha value is -3.41. The Labute approximate surface area is 199 Å². The van der Waals surface area contributed by atoms with Crippen LogP contribution in [0.15, 0.2) is 57.3 Å². The summed E-state index contributed by atoms with van der Waals surface area (Å²) >= 11 is 2.98. The van der Waals surface area contributed by atoms with Crippen LogP contribution in [0, 0.1) is 18.3 Å². The minimum Gasteiger partial charge on any atom is -0.366 e. The predicted octanol–water partition coefficient (Wildman–Crippen LogP) is 4.32. The lowest BCUT2D eigenvalue weighted by Gasteiger charge is -2.36. The van der Waals surface area contributed by atoms with Crippen LogP contribution < -0.4 is 10.5 Å². The molecule has 4 aromatic rings. The molecular weight excluding hydrogens is 452 g/mol. The highest BCUT2D eigenvalue weighted by atomic mass is 32.1. The molecule has 0 atom stereocenters. The lowest BCUT2D eigenvalue weighted by atomic mass is 10.1. The number of rotatable bonds is 4. The molecule has 1 fully saturated rings. The number of hydrogen-bond donors (Lipinski definition) is 0. The van der Waals surface area contributed by atoms with E-state index in [-0.39, 0.29) is 17.0 Å². The maximum atomic E-state index is 13.4. The third-order valence-electron chi connectivity index (χ3n) is 6.07. The van der Waals surface area contributed by atoms with Gasteiger partial charge in [-0.1, -0.05) is 35.9 Å². The van der Waals surface area contributed by atoms with Gasteiger partial charge in [0, 0.05) is 42.3 Å². The van der Waals surface area contributed by atoms with E-state index in [0.717, 1.165) is 26.9 Å². The second-order valence-electron chi connectivity index (χ2n) is 8.14. The molecule has 1 aliphatic heterocycles. The third kappa shape index (κ3) is 3.94. The molecule has 0 bridgehead atoms. The molecule has 1 aromatic carbocycles. The van der Waals surface area contributed by atoms with E-state index in [1.807, 2.05) is 64.4 Å². The lowest BCUT2D eigenvalue weighted by molar-refractivity contribution is 0.0751. The first-order valence-electron chi connectivity index (χ1n) is 10.7. The van der Waals surface area contributed by atoms with Crippen LogP contribution in [0.3, 0.4) is 0 Å². The fraction of sp³-hybridized carbons (Fsp3) is 0.240. The molecule has 1 aliphatic rings. The Morgan fingerprint density at radius 2 is 1.85 bits per heavy atom. The Morgan fingerprint density at radius 1 is 1.09 bits per heavy atom. The van der Waals surface area contributed by atoms with Gasteiger partial charge in [0.05, 0.1) is 22.6 Å². The Bertz CT molecular complexity index is 1400. The summed E-state index contributed by atoms with van der Waals surface area (Å²) in [5, 5.41) is 16.8. The highest BCUT2D eigenvalue weighted by Gasteiger charge is 2.27. The summed E-state index contributed by atoms with van der Waals surface area (Å²) in [6.07, 6.45) is 0. The van der Waals surface area contributed by atoms with E-state index in [1.165, 1.54) is 22.7 Å². The molecule has 8 heteroatoms. The number of carbonyl (C=O) groups is 1. The Morgan fingerprint density at radius 3 is 2.52 bits per heavy atom. The van der Waals surface area contributed by atoms with E-state index in [0.29, 0.717) is 38.4 Å². The number of thiophene rings is 2. The molecule has 5 rings (SSSR count). The zero-order valence-corrected chi connectivity index (χ0v) is 19.8. The highest BCUT2D eigenvalue weighted by Crippen LogP contribution is 2.32. The van der Waals surface area contributed by atoms with Crippen LogP contribution in [-0.4, -0.2) is 41.6 Å². The van der Waals surface area contributed by atoms with Crippen LogP contribution in [0.25, 0.3) is 10.9 Å². The number of hydrogen-bond acceptors (Lipinski definition) is 6. The second-order valence-corrected chi connectivity index (χ2v) is 9.83. The predicted molar refractivity (Wildman–Crippen MR) is 134 cm³/mol. The molecular formula is C25H22N4O2S2. The van der Waals surface area contributed by atoms with E-state index >= 15 is 0 Å². The molecule has 0 aliphatic carbocycles. The third-order valence-corrected chi connectivity index (χ3v) is 7.66. The summed E-state index contributed by atoms with van der Waals surface area (Å²) in [7, 11) is 0. The number of anilines is 1. The Balaban J connectivity index is 1.48. The molecule has 6 nitrogen and oxygen atoms in total. The molecule has 33 heavy (non-hydrogen) atoms. The van der Waals surface area contributed by atoms with Gasteiger partial charge in [-0.05, 0) is 23.9 Å². The average Bonchev–Trinajstić information content (AvgIpc) is 3.54. The summed E-state index contributed by atoms with van der Waals surface area (Å²) < 4.78 is 1.70. The van der Waals surface area contributed by atoms with Crippen molar-refractivity contribution in [1.29, 1.82) is 5.26 Å². The van der Waals surface area contributed by atoms with Gasteiger partial charge in [0.2, 0.25) is 0 Å². The average molecular weight is 475 g/mol. The fourth-order valence-corrected chi connectivity index (χ4v) is 5.82. The highest BCUT2D eigenvalue weighted by molar-refractivity contribution is 7.12. The van der Waals surface area contributed by atoms with E-state index in [4.69, 9.17) is 0 Å². The number of aromatic nitrogens is 1. The van der Waals surface area contributed by atoms with E-state index in [9.17, 15) is 14.9 Å². The number of aryl methyl sites for hydroxylation is 1. The number of carbonyl (C=O) groups excluding carboxylic acids is 1. The number of nitriles is 1. The van der Waals surface area contributed by atoms with Gasteiger partial charge < -0.3 is 14.4 Å². The van der Waals surface area contributed by atoms with E-state index < -0.39 is 0 Å². The second kappa shape index (κ2) is 8.85. The van der Waals surface area contributed by atoms with Crippen LogP contribution in [0.1, 0.15) is 26.4 Å². The van der Waals surface area contributed by atoms with Crippen molar-refractivity contribution in [3.05, 3.63) is 84.5 Å². The van der Waals surface area contributed by atoms with E-state index in [1.54, 1.807) is 4.57 Å². The first-order valence-corrected chi connectivity index (χ1v) is 12.5. The number of benzene rings is 1. The van der Waals surface area contributed by atoms with Gasteiger partial charge in [-0.2, -0.15) is 5.26 Å². The normalized spacial score (nSPS) is 13.9.